The number of nitrogens with one attached hydrogen (secondary N) is 1. The van der Waals surface area contributed by atoms with E-state index in [1.54, 1.807) is 24.5 Å². The first kappa shape index (κ1) is 11.6. The van der Waals surface area contributed by atoms with E-state index in [1.807, 2.05) is 0 Å². The summed E-state index contributed by atoms with van der Waals surface area (Å²) in [6.45, 7) is 0. The Balaban J connectivity index is 1.92. The van der Waals surface area contributed by atoms with Crippen LogP contribution in [0.25, 0.3) is 0 Å². The summed E-state index contributed by atoms with van der Waals surface area (Å²) in [7, 11) is 0. The number of hydrogen-bond donors (Lipinski definition) is 2. The number of rotatable bonds is 3. The minimum atomic E-state index is -0.802. The summed E-state index contributed by atoms with van der Waals surface area (Å²) in [5.74, 6) is -1.46. The lowest BCUT2D eigenvalue weighted by Gasteiger charge is -2.10. The molecule has 1 aliphatic rings. The zero-order valence-electron chi connectivity index (χ0n) is 9.30. The second kappa shape index (κ2) is 4.95. The molecule has 2 atom stereocenters. The highest BCUT2D eigenvalue weighted by molar-refractivity contribution is 5.93. The van der Waals surface area contributed by atoms with Crippen LogP contribution in [0.15, 0.2) is 24.5 Å². The fourth-order valence-corrected chi connectivity index (χ4v) is 2.12. The molecule has 17 heavy (non-hydrogen) atoms. The minimum absolute atomic E-state index is 0.0973. The van der Waals surface area contributed by atoms with Crippen molar-refractivity contribution in [1.82, 2.24) is 4.98 Å². The zero-order chi connectivity index (χ0) is 12.3. The van der Waals surface area contributed by atoms with Crippen LogP contribution in [0.5, 0.6) is 0 Å². The molecular weight excluding hydrogens is 220 g/mol. The molecule has 0 spiro atoms. The van der Waals surface area contributed by atoms with Crippen LogP contribution in [0.4, 0.5) is 5.69 Å². The summed E-state index contributed by atoms with van der Waals surface area (Å²) in [6.07, 6.45) is 4.87. The number of nitrogens with zero attached hydrogens (tertiary/aromatic N) is 1. The third-order valence-corrected chi connectivity index (χ3v) is 3.10. The van der Waals surface area contributed by atoms with Crippen molar-refractivity contribution >= 4 is 17.6 Å². The summed E-state index contributed by atoms with van der Waals surface area (Å²) in [6, 6.07) is 3.42. The Kier molecular flexibility index (Phi) is 3.37. The average Bonchev–Trinajstić information content (AvgIpc) is 2.79. The van der Waals surface area contributed by atoms with Crippen molar-refractivity contribution < 1.29 is 14.7 Å². The predicted molar refractivity (Wildman–Crippen MR) is 61.3 cm³/mol. The standard InChI is InChI=1S/C12H14N2O3/c15-11(14-10-3-5-13-6-4-10)8-1-2-9(7-8)12(16)17/h3-6,8-9H,1-2,7H2,(H,16,17)(H,13,14,15)/t8-,9+/m1/s1. The van der Waals surface area contributed by atoms with Gasteiger partial charge in [-0.3, -0.25) is 14.6 Å². The minimum Gasteiger partial charge on any atom is -0.481 e. The molecule has 5 nitrogen and oxygen atoms in total. The first-order valence-electron chi connectivity index (χ1n) is 5.60. The summed E-state index contributed by atoms with van der Waals surface area (Å²) < 4.78 is 0. The third kappa shape index (κ3) is 2.81. The Morgan fingerprint density at radius 3 is 2.47 bits per heavy atom. The maximum Gasteiger partial charge on any atom is 0.306 e. The molecule has 2 rings (SSSR count). The number of carboxylic acid groups (broad SMARTS) is 1. The highest BCUT2D eigenvalue weighted by atomic mass is 16.4. The Morgan fingerprint density at radius 1 is 1.24 bits per heavy atom. The summed E-state index contributed by atoms with van der Waals surface area (Å²) in [4.78, 5) is 26.5. The topological polar surface area (TPSA) is 79.3 Å². The molecule has 1 fully saturated rings. The highest BCUT2D eigenvalue weighted by Crippen LogP contribution is 2.31. The molecule has 1 aromatic rings. The molecule has 0 aliphatic heterocycles. The SMILES string of the molecule is O=C(O)[C@H]1CC[C@@H](C(=O)Nc2ccncc2)C1. The summed E-state index contributed by atoms with van der Waals surface area (Å²) in [5.41, 5.74) is 0.698. The number of aliphatic carboxylic acids is 1. The number of anilines is 1. The van der Waals surface area contributed by atoms with Gasteiger partial charge in [0.15, 0.2) is 0 Å². The lowest BCUT2D eigenvalue weighted by atomic mass is 10.0. The van der Waals surface area contributed by atoms with Gasteiger partial charge >= 0.3 is 5.97 Å². The van der Waals surface area contributed by atoms with E-state index in [9.17, 15) is 9.59 Å². The zero-order valence-corrected chi connectivity index (χ0v) is 9.30. The smallest absolute Gasteiger partial charge is 0.306 e. The molecule has 1 heterocycles. The maximum atomic E-state index is 11.9. The Hall–Kier alpha value is -1.91. The van der Waals surface area contributed by atoms with E-state index in [0.29, 0.717) is 24.9 Å². The van der Waals surface area contributed by atoms with Gasteiger partial charge in [-0.1, -0.05) is 0 Å². The molecule has 0 unspecified atom stereocenters. The van der Waals surface area contributed by atoms with Crippen molar-refractivity contribution in [3.05, 3.63) is 24.5 Å². The lowest BCUT2D eigenvalue weighted by Crippen LogP contribution is -2.21. The van der Waals surface area contributed by atoms with Gasteiger partial charge in [0.2, 0.25) is 5.91 Å². The molecule has 0 radical (unpaired) electrons. The molecule has 1 aliphatic carbocycles. The summed E-state index contributed by atoms with van der Waals surface area (Å²) in [5, 5.41) is 11.6. The van der Waals surface area contributed by atoms with Crippen molar-refractivity contribution in [2.45, 2.75) is 19.3 Å². The van der Waals surface area contributed by atoms with Gasteiger partial charge in [0, 0.05) is 24.0 Å². The van der Waals surface area contributed by atoms with Gasteiger partial charge in [-0.25, -0.2) is 0 Å². The molecule has 5 heteroatoms. The number of hydrogen-bond acceptors (Lipinski definition) is 3. The predicted octanol–water partition coefficient (Wildman–Crippen LogP) is 1.52. The fourth-order valence-electron chi connectivity index (χ4n) is 2.12. The van der Waals surface area contributed by atoms with Gasteiger partial charge in [0.1, 0.15) is 0 Å². The van der Waals surface area contributed by atoms with Crippen LogP contribution in [-0.4, -0.2) is 22.0 Å². The molecular formula is C12H14N2O3. The average molecular weight is 234 g/mol. The molecule has 1 saturated carbocycles. The number of carbonyl (C=O) groups is 2. The van der Waals surface area contributed by atoms with Crippen molar-refractivity contribution in [1.29, 1.82) is 0 Å². The second-order valence-corrected chi connectivity index (χ2v) is 4.27. The molecule has 0 aromatic carbocycles. The Morgan fingerprint density at radius 2 is 1.88 bits per heavy atom. The quantitative estimate of drug-likeness (QED) is 0.831. The van der Waals surface area contributed by atoms with Gasteiger partial charge in [-0.05, 0) is 31.4 Å². The number of amides is 1. The summed E-state index contributed by atoms with van der Waals surface area (Å²) >= 11 is 0. The van der Waals surface area contributed by atoms with Crippen LogP contribution < -0.4 is 5.32 Å². The number of carboxylic acids is 1. The van der Waals surface area contributed by atoms with Crippen LogP contribution in [-0.2, 0) is 9.59 Å². The van der Waals surface area contributed by atoms with Crippen molar-refractivity contribution in [3.8, 4) is 0 Å². The Labute approximate surface area is 98.9 Å². The van der Waals surface area contributed by atoms with Crippen LogP contribution in [0.2, 0.25) is 0 Å². The normalized spacial score (nSPS) is 23.3. The maximum absolute atomic E-state index is 11.9. The largest absolute Gasteiger partial charge is 0.481 e. The van der Waals surface area contributed by atoms with Crippen molar-refractivity contribution in [2.75, 3.05) is 5.32 Å². The fraction of sp³-hybridized carbons (Fsp3) is 0.417. The van der Waals surface area contributed by atoms with E-state index in [1.165, 1.54) is 0 Å². The highest BCUT2D eigenvalue weighted by Gasteiger charge is 2.33. The number of carbonyl (C=O) groups excluding carboxylic acids is 1. The van der Waals surface area contributed by atoms with Crippen LogP contribution in [0.3, 0.4) is 0 Å². The first-order chi connectivity index (χ1) is 8.16. The molecule has 0 bridgehead atoms. The van der Waals surface area contributed by atoms with Gasteiger partial charge in [-0.15, -0.1) is 0 Å². The Bertz CT molecular complexity index is 419. The number of pyridine rings is 1. The van der Waals surface area contributed by atoms with Crippen molar-refractivity contribution in [3.63, 3.8) is 0 Å². The van der Waals surface area contributed by atoms with Gasteiger partial charge < -0.3 is 10.4 Å². The van der Waals surface area contributed by atoms with Gasteiger partial charge in [-0.2, -0.15) is 0 Å². The van der Waals surface area contributed by atoms with Crippen LogP contribution in [0, 0.1) is 11.8 Å². The molecule has 1 aromatic heterocycles. The number of aromatic nitrogens is 1. The second-order valence-electron chi connectivity index (χ2n) is 4.27. The van der Waals surface area contributed by atoms with E-state index in [4.69, 9.17) is 5.11 Å². The van der Waals surface area contributed by atoms with E-state index in [0.717, 1.165) is 0 Å². The lowest BCUT2D eigenvalue weighted by molar-refractivity contribution is -0.141. The van der Waals surface area contributed by atoms with Gasteiger partial charge in [0.25, 0.3) is 0 Å². The van der Waals surface area contributed by atoms with Gasteiger partial charge in [0.05, 0.1) is 5.92 Å². The molecule has 2 N–H and O–H groups in total. The van der Waals surface area contributed by atoms with E-state index in [2.05, 4.69) is 10.3 Å². The first-order valence-corrected chi connectivity index (χ1v) is 5.60. The van der Waals surface area contributed by atoms with Crippen molar-refractivity contribution in [2.24, 2.45) is 11.8 Å². The van der Waals surface area contributed by atoms with E-state index in [-0.39, 0.29) is 17.7 Å². The van der Waals surface area contributed by atoms with Crippen LogP contribution in [0.1, 0.15) is 19.3 Å². The molecule has 90 valence electrons. The molecule has 1 amide bonds. The third-order valence-electron chi connectivity index (χ3n) is 3.10. The van der Waals surface area contributed by atoms with Crippen LogP contribution >= 0.6 is 0 Å². The van der Waals surface area contributed by atoms with E-state index < -0.39 is 5.97 Å². The van der Waals surface area contributed by atoms with E-state index >= 15 is 0 Å². The monoisotopic (exact) mass is 234 g/mol. The molecule has 0 saturated heterocycles.